The van der Waals surface area contributed by atoms with Crippen molar-refractivity contribution >= 4 is 17.0 Å². The Kier molecular flexibility index (Phi) is 5.49. The van der Waals surface area contributed by atoms with Crippen LogP contribution in [-0.4, -0.2) is 22.1 Å². The topological polar surface area (TPSA) is 53.4 Å². The van der Waals surface area contributed by atoms with E-state index in [1.165, 1.54) is 5.56 Å². The van der Waals surface area contributed by atoms with Gasteiger partial charge in [0.05, 0.1) is 17.6 Å². The number of carbonyl (C=O) groups excluding carboxylic acids is 1. The Morgan fingerprint density at radius 1 is 1.07 bits per heavy atom. The Labute approximate surface area is 159 Å². The maximum atomic E-state index is 12.0. The molecule has 0 atom stereocenters. The molecule has 0 spiro atoms. The molecular weight excluding hydrogens is 340 g/mol. The van der Waals surface area contributed by atoms with E-state index in [9.17, 15) is 4.79 Å². The van der Waals surface area contributed by atoms with Crippen LogP contribution in [0.2, 0.25) is 0 Å². The third-order valence-electron chi connectivity index (χ3n) is 4.41. The second kappa shape index (κ2) is 7.82. The minimum Gasteiger partial charge on any atom is -0.486 e. The van der Waals surface area contributed by atoms with Crippen LogP contribution in [0.3, 0.4) is 0 Å². The molecule has 5 heteroatoms. The predicted molar refractivity (Wildman–Crippen MR) is 106 cm³/mol. The number of carbonyl (C=O) groups is 1. The van der Waals surface area contributed by atoms with Crippen LogP contribution in [0.5, 0.6) is 5.75 Å². The average Bonchev–Trinajstić information content (AvgIpc) is 2.97. The molecule has 27 heavy (non-hydrogen) atoms. The Hall–Kier alpha value is -2.82. The first-order chi connectivity index (χ1) is 12.9. The van der Waals surface area contributed by atoms with Crippen molar-refractivity contribution in [2.75, 3.05) is 6.61 Å². The van der Waals surface area contributed by atoms with Gasteiger partial charge >= 0.3 is 5.97 Å². The fourth-order valence-electron chi connectivity index (χ4n) is 2.95. The number of fused-ring (bicyclic) bond motifs is 1. The van der Waals surface area contributed by atoms with Crippen molar-refractivity contribution in [1.82, 2.24) is 9.55 Å². The molecule has 3 aromatic rings. The molecule has 0 amide bonds. The molecule has 0 radical (unpaired) electrons. The number of imidazole rings is 1. The largest absolute Gasteiger partial charge is 0.486 e. The minimum absolute atomic E-state index is 0.103. The summed E-state index contributed by atoms with van der Waals surface area (Å²) < 4.78 is 12.9. The van der Waals surface area contributed by atoms with Crippen molar-refractivity contribution in [3.8, 4) is 5.75 Å². The molecule has 0 aliphatic heterocycles. The molecule has 0 saturated carbocycles. The van der Waals surface area contributed by atoms with Gasteiger partial charge in [0.2, 0.25) is 0 Å². The van der Waals surface area contributed by atoms with Crippen LogP contribution >= 0.6 is 0 Å². The van der Waals surface area contributed by atoms with Gasteiger partial charge in [0.1, 0.15) is 24.7 Å². The van der Waals surface area contributed by atoms with E-state index in [0.717, 1.165) is 16.8 Å². The number of para-hydroxylation sites is 2. The lowest BCUT2D eigenvalue weighted by atomic mass is 9.87. The van der Waals surface area contributed by atoms with Gasteiger partial charge in [-0.25, -0.2) is 4.98 Å². The van der Waals surface area contributed by atoms with Gasteiger partial charge in [-0.05, 0) is 42.2 Å². The average molecular weight is 366 g/mol. The highest BCUT2D eigenvalue weighted by Gasteiger charge is 2.16. The summed E-state index contributed by atoms with van der Waals surface area (Å²) in [4.78, 5) is 16.6. The molecule has 0 bridgehead atoms. The second-order valence-electron chi connectivity index (χ2n) is 7.47. The Balaban J connectivity index is 1.80. The van der Waals surface area contributed by atoms with Crippen molar-refractivity contribution in [2.45, 2.75) is 46.3 Å². The van der Waals surface area contributed by atoms with E-state index in [4.69, 9.17) is 9.47 Å². The number of esters is 1. The molecule has 1 heterocycles. The lowest BCUT2D eigenvalue weighted by Gasteiger charge is -2.19. The zero-order chi connectivity index (χ0) is 19.4. The van der Waals surface area contributed by atoms with Crippen LogP contribution in [0.1, 0.15) is 39.1 Å². The van der Waals surface area contributed by atoms with Crippen LogP contribution < -0.4 is 4.74 Å². The maximum Gasteiger partial charge on any atom is 0.326 e. The van der Waals surface area contributed by atoms with Gasteiger partial charge in [-0.2, -0.15) is 0 Å². The summed E-state index contributed by atoms with van der Waals surface area (Å²) in [5.74, 6) is 1.19. The number of hydrogen-bond acceptors (Lipinski definition) is 4. The first kappa shape index (κ1) is 19.0. The second-order valence-corrected chi connectivity index (χ2v) is 7.47. The highest BCUT2D eigenvalue weighted by atomic mass is 16.5. The third kappa shape index (κ3) is 4.48. The van der Waals surface area contributed by atoms with Gasteiger partial charge < -0.3 is 14.0 Å². The molecule has 0 aliphatic rings. The summed E-state index contributed by atoms with van der Waals surface area (Å²) in [6.07, 6.45) is 0. The number of nitrogens with zero attached hydrogens (tertiary/aromatic N) is 2. The zero-order valence-electron chi connectivity index (χ0n) is 16.4. The van der Waals surface area contributed by atoms with E-state index in [2.05, 4.69) is 37.9 Å². The number of aromatic nitrogens is 2. The summed E-state index contributed by atoms with van der Waals surface area (Å²) in [6, 6.07) is 15.8. The van der Waals surface area contributed by atoms with E-state index in [1.54, 1.807) is 6.92 Å². The lowest BCUT2D eigenvalue weighted by molar-refractivity contribution is -0.143. The third-order valence-corrected chi connectivity index (χ3v) is 4.41. The van der Waals surface area contributed by atoms with Crippen LogP contribution in [0, 0.1) is 0 Å². The van der Waals surface area contributed by atoms with Gasteiger partial charge in [-0.15, -0.1) is 0 Å². The number of rotatable bonds is 6. The van der Waals surface area contributed by atoms with Gasteiger partial charge in [0.25, 0.3) is 0 Å². The Morgan fingerprint density at radius 2 is 1.78 bits per heavy atom. The SMILES string of the molecule is CCOC(=O)Cn1c(COc2ccc(C(C)(C)C)cc2)nc2ccccc21. The molecule has 0 aliphatic carbocycles. The Bertz CT molecular complexity index is 921. The zero-order valence-corrected chi connectivity index (χ0v) is 16.4. The smallest absolute Gasteiger partial charge is 0.326 e. The summed E-state index contributed by atoms with van der Waals surface area (Å²) in [5.41, 5.74) is 3.09. The lowest BCUT2D eigenvalue weighted by Crippen LogP contribution is -2.16. The maximum absolute atomic E-state index is 12.0. The summed E-state index contributed by atoms with van der Waals surface area (Å²) in [6.45, 7) is 9.10. The molecule has 5 nitrogen and oxygen atoms in total. The van der Waals surface area contributed by atoms with Gasteiger partial charge in [0.15, 0.2) is 0 Å². The first-order valence-corrected chi connectivity index (χ1v) is 9.21. The van der Waals surface area contributed by atoms with Crippen LogP contribution in [0.15, 0.2) is 48.5 Å². The van der Waals surface area contributed by atoms with Crippen LogP contribution in [-0.2, 0) is 28.1 Å². The quantitative estimate of drug-likeness (QED) is 0.604. The standard InChI is InChI=1S/C22H26N2O3/c1-5-26-21(25)14-24-19-9-7-6-8-18(19)23-20(24)15-27-17-12-10-16(11-13-17)22(2,3)4/h6-13H,5,14-15H2,1-4H3. The number of benzene rings is 2. The van der Waals surface area contributed by atoms with E-state index >= 15 is 0 Å². The predicted octanol–water partition coefficient (Wildman–Crippen LogP) is 4.48. The fourth-order valence-corrected chi connectivity index (χ4v) is 2.95. The Morgan fingerprint density at radius 3 is 2.44 bits per heavy atom. The number of ether oxygens (including phenoxy) is 2. The van der Waals surface area contributed by atoms with E-state index in [1.807, 2.05) is 41.0 Å². The van der Waals surface area contributed by atoms with Crippen molar-refractivity contribution < 1.29 is 14.3 Å². The van der Waals surface area contributed by atoms with Crippen LogP contribution in [0.25, 0.3) is 11.0 Å². The van der Waals surface area contributed by atoms with E-state index < -0.39 is 0 Å². The van der Waals surface area contributed by atoms with Crippen molar-refractivity contribution in [2.24, 2.45) is 0 Å². The summed E-state index contributed by atoms with van der Waals surface area (Å²) in [7, 11) is 0. The van der Waals surface area contributed by atoms with Crippen LogP contribution in [0.4, 0.5) is 0 Å². The van der Waals surface area contributed by atoms with Crippen molar-refractivity contribution in [3.05, 3.63) is 59.9 Å². The number of hydrogen-bond donors (Lipinski definition) is 0. The molecule has 2 aromatic carbocycles. The van der Waals surface area contributed by atoms with Gasteiger partial charge in [-0.1, -0.05) is 45.0 Å². The summed E-state index contributed by atoms with van der Waals surface area (Å²) >= 11 is 0. The molecule has 142 valence electrons. The normalized spacial score (nSPS) is 11.6. The molecule has 0 N–H and O–H groups in total. The summed E-state index contributed by atoms with van der Waals surface area (Å²) in [5, 5.41) is 0. The van der Waals surface area contributed by atoms with Gasteiger partial charge in [-0.3, -0.25) is 4.79 Å². The molecule has 0 saturated heterocycles. The van der Waals surface area contributed by atoms with E-state index in [0.29, 0.717) is 12.4 Å². The van der Waals surface area contributed by atoms with Crippen molar-refractivity contribution in [1.29, 1.82) is 0 Å². The molecule has 1 aromatic heterocycles. The fraction of sp³-hybridized carbons (Fsp3) is 0.364. The molecule has 3 rings (SSSR count). The van der Waals surface area contributed by atoms with Crippen molar-refractivity contribution in [3.63, 3.8) is 0 Å². The highest BCUT2D eigenvalue weighted by Crippen LogP contribution is 2.25. The van der Waals surface area contributed by atoms with E-state index in [-0.39, 0.29) is 24.5 Å². The first-order valence-electron chi connectivity index (χ1n) is 9.21. The monoisotopic (exact) mass is 366 g/mol. The molecule has 0 unspecified atom stereocenters. The van der Waals surface area contributed by atoms with Gasteiger partial charge in [0, 0.05) is 0 Å². The molecule has 0 fully saturated rings. The highest BCUT2D eigenvalue weighted by molar-refractivity contribution is 5.78. The molecular formula is C22H26N2O3. The minimum atomic E-state index is -0.281.